The lowest BCUT2D eigenvalue weighted by Crippen LogP contribution is -2.36. The van der Waals surface area contributed by atoms with Crippen LogP contribution in [0.2, 0.25) is 0 Å². The summed E-state index contributed by atoms with van der Waals surface area (Å²) in [7, 11) is 1.62. The Morgan fingerprint density at radius 1 is 1.38 bits per heavy atom. The topological polar surface area (TPSA) is 72.8 Å². The minimum atomic E-state index is -1.84. The summed E-state index contributed by atoms with van der Waals surface area (Å²) in [5.74, 6) is -2.60. The van der Waals surface area contributed by atoms with Crippen LogP contribution in [0.5, 0.6) is 0 Å². The third kappa shape index (κ3) is 3.09. The second-order valence-electron chi connectivity index (χ2n) is 6.11. The first kappa shape index (κ1) is 15.9. The predicted molar refractivity (Wildman–Crippen MR) is 76.3 cm³/mol. The van der Waals surface area contributed by atoms with Crippen LogP contribution in [0.25, 0.3) is 0 Å². The van der Waals surface area contributed by atoms with Gasteiger partial charge < -0.3 is 14.6 Å². The molecule has 1 aliphatic heterocycles. The molecule has 0 aromatic heterocycles. The molecule has 0 radical (unpaired) electrons. The van der Waals surface area contributed by atoms with Gasteiger partial charge in [0.15, 0.2) is 5.78 Å². The van der Waals surface area contributed by atoms with Crippen molar-refractivity contribution in [3.05, 3.63) is 22.8 Å². The Balaban J connectivity index is 2.46. The first-order valence-electron chi connectivity index (χ1n) is 7.17. The van der Waals surface area contributed by atoms with Gasteiger partial charge in [-0.05, 0) is 26.2 Å². The number of carbonyl (C=O) groups excluding carboxylic acids is 2. The Bertz CT molecular complexity index is 531. The van der Waals surface area contributed by atoms with Gasteiger partial charge in [-0.3, -0.25) is 4.79 Å². The van der Waals surface area contributed by atoms with E-state index in [1.54, 1.807) is 7.11 Å². The molecule has 0 bridgehead atoms. The van der Waals surface area contributed by atoms with Gasteiger partial charge in [-0.1, -0.05) is 18.6 Å². The van der Waals surface area contributed by atoms with Crippen LogP contribution in [0, 0.1) is 5.92 Å². The largest absolute Gasteiger partial charge is 0.425 e. The molecule has 116 valence electrons. The summed E-state index contributed by atoms with van der Waals surface area (Å²) < 4.78 is 10.5. The van der Waals surface area contributed by atoms with E-state index in [1.165, 1.54) is 6.92 Å². The molecule has 0 spiro atoms. The number of rotatable bonds is 1. The zero-order valence-electron chi connectivity index (χ0n) is 12.9. The quantitative estimate of drug-likeness (QED) is 0.590. The first-order valence-corrected chi connectivity index (χ1v) is 7.17. The highest BCUT2D eigenvalue weighted by molar-refractivity contribution is 6.07. The van der Waals surface area contributed by atoms with Crippen LogP contribution >= 0.6 is 0 Å². The summed E-state index contributed by atoms with van der Waals surface area (Å²) >= 11 is 0. The molecular formula is C16H22O5. The molecule has 5 nitrogen and oxygen atoms in total. The Labute approximate surface area is 124 Å². The molecule has 3 atom stereocenters. The van der Waals surface area contributed by atoms with Crippen molar-refractivity contribution in [2.45, 2.75) is 51.9 Å². The van der Waals surface area contributed by atoms with Crippen LogP contribution in [0.1, 0.15) is 40.0 Å². The standard InChI is InChI=1S/C16H22O5/c1-9-5-12(20-4)6-10(2)8-16(19)14(13(17)7-9)11(3)15(18)21-16/h6,9,12,19H,5,7-8H2,1-4H3/t9-,12-,16+/m0/s1. The molecule has 0 aromatic carbocycles. The fourth-order valence-corrected chi connectivity index (χ4v) is 3.11. The van der Waals surface area contributed by atoms with Gasteiger partial charge in [-0.25, -0.2) is 4.79 Å². The van der Waals surface area contributed by atoms with Gasteiger partial charge in [0.1, 0.15) is 0 Å². The minimum absolute atomic E-state index is 0.0878. The van der Waals surface area contributed by atoms with E-state index in [2.05, 4.69) is 0 Å². The Morgan fingerprint density at radius 2 is 2.05 bits per heavy atom. The fourth-order valence-electron chi connectivity index (χ4n) is 3.11. The molecule has 2 rings (SSSR count). The van der Waals surface area contributed by atoms with E-state index in [9.17, 15) is 14.7 Å². The lowest BCUT2D eigenvalue weighted by Gasteiger charge is -2.28. The van der Waals surface area contributed by atoms with Gasteiger partial charge in [-0.15, -0.1) is 0 Å². The highest BCUT2D eigenvalue weighted by Gasteiger charge is 2.48. The van der Waals surface area contributed by atoms with Crippen LogP contribution < -0.4 is 0 Å². The van der Waals surface area contributed by atoms with Crippen LogP contribution in [0.3, 0.4) is 0 Å². The molecule has 0 fully saturated rings. The van der Waals surface area contributed by atoms with E-state index >= 15 is 0 Å². The monoisotopic (exact) mass is 294 g/mol. The van der Waals surface area contributed by atoms with Gasteiger partial charge >= 0.3 is 5.97 Å². The van der Waals surface area contributed by atoms with Gasteiger partial charge in [-0.2, -0.15) is 0 Å². The highest BCUT2D eigenvalue weighted by Crippen LogP contribution is 2.38. The zero-order valence-corrected chi connectivity index (χ0v) is 12.9. The number of ketones is 1. The number of methoxy groups -OCH3 is 1. The van der Waals surface area contributed by atoms with Crippen LogP contribution in [0.15, 0.2) is 22.8 Å². The molecule has 0 amide bonds. The number of carbonyl (C=O) groups is 2. The summed E-state index contributed by atoms with van der Waals surface area (Å²) in [6.45, 7) is 5.32. The van der Waals surface area contributed by atoms with Gasteiger partial charge in [0.25, 0.3) is 0 Å². The fraction of sp³-hybridized carbons (Fsp3) is 0.625. The van der Waals surface area contributed by atoms with Crippen molar-refractivity contribution in [1.29, 1.82) is 0 Å². The maximum absolute atomic E-state index is 12.5. The summed E-state index contributed by atoms with van der Waals surface area (Å²) in [6, 6.07) is 0. The molecule has 21 heavy (non-hydrogen) atoms. The van der Waals surface area contributed by atoms with Crippen molar-refractivity contribution in [1.82, 2.24) is 0 Å². The van der Waals surface area contributed by atoms with E-state index in [0.29, 0.717) is 0 Å². The number of aliphatic hydroxyl groups is 1. The molecule has 0 aromatic rings. The van der Waals surface area contributed by atoms with Crippen molar-refractivity contribution in [2.75, 3.05) is 7.11 Å². The normalized spacial score (nSPS) is 34.4. The number of ether oxygens (including phenoxy) is 2. The lowest BCUT2D eigenvalue weighted by molar-refractivity contribution is -0.181. The van der Waals surface area contributed by atoms with Crippen molar-refractivity contribution in [3.63, 3.8) is 0 Å². The van der Waals surface area contributed by atoms with Crippen molar-refractivity contribution >= 4 is 11.8 Å². The van der Waals surface area contributed by atoms with E-state index in [1.807, 2.05) is 19.9 Å². The number of Topliss-reactive ketones (excluding diaryl/α,β-unsaturated/α-hetero) is 1. The first-order chi connectivity index (χ1) is 9.76. The summed E-state index contributed by atoms with van der Waals surface area (Å²) in [5.41, 5.74) is 1.15. The number of hydrogen-bond acceptors (Lipinski definition) is 5. The summed E-state index contributed by atoms with van der Waals surface area (Å²) in [6.07, 6.45) is 2.88. The van der Waals surface area contributed by atoms with E-state index in [0.717, 1.165) is 12.0 Å². The molecular weight excluding hydrogens is 272 g/mol. The minimum Gasteiger partial charge on any atom is -0.425 e. The highest BCUT2D eigenvalue weighted by atomic mass is 16.7. The average Bonchev–Trinajstić information content (AvgIpc) is 2.57. The van der Waals surface area contributed by atoms with Crippen LogP contribution in [0.4, 0.5) is 0 Å². The molecule has 1 N–H and O–H groups in total. The Hall–Kier alpha value is -1.46. The third-order valence-electron chi connectivity index (χ3n) is 4.07. The summed E-state index contributed by atoms with van der Waals surface area (Å²) in [4.78, 5) is 24.2. The summed E-state index contributed by atoms with van der Waals surface area (Å²) in [5, 5.41) is 10.7. The average molecular weight is 294 g/mol. The van der Waals surface area contributed by atoms with Crippen molar-refractivity contribution < 1.29 is 24.2 Å². The molecule has 1 aliphatic carbocycles. The van der Waals surface area contributed by atoms with Gasteiger partial charge in [0, 0.05) is 25.5 Å². The molecule has 0 unspecified atom stereocenters. The van der Waals surface area contributed by atoms with Gasteiger partial charge in [0.2, 0.25) is 5.79 Å². The number of fused-ring (bicyclic) bond motifs is 1. The van der Waals surface area contributed by atoms with E-state index in [4.69, 9.17) is 9.47 Å². The Morgan fingerprint density at radius 3 is 2.67 bits per heavy atom. The lowest BCUT2D eigenvalue weighted by atomic mass is 9.85. The number of esters is 1. The smallest absolute Gasteiger partial charge is 0.337 e. The molecule has 0 saturated carbocycles. The molecule has 2 aliphatic rings. The van der Waals surface area contributed by atoms with Crippen LogP contribution in [-0.4, -0.2) is 35.9 Å². The predicted octanol–water partition coefficient (Wildman–Crippen LogP) is 1.90. The second-order valence-corrected chi connectivity index (χ2v) is 6.11. The third-order valence-corrected chi connectivity index (χ3v) is 4.07. The molecule has 0 saturated heterocycles. The van der Waals surface area contributed by atoms with Gasteiger partial charge in [0.05, 0.1) is 11.7 Å². The SMILES string of the molecule is CO[C@@H]1C=C(C)C[C@@]2(O)OC(=O)C(C)=C2C(=O)C[C@@H](C)C1. The zero-order chi connectivity index (χ0) is 15.8. The van der Waals surface area contributed by atoms with E-state index < -0.39 is 11.8 Å². The van der Waals surface area contributed by atoms with Crippen LogP contribution in [-0.2, 0) is 19.1 Å². The maximum Gasteiger partial charge on any atom is 0.337 e. The maximum atomic E-state index is 12.5. The van der Waals surface area contributed by atoms with Crippen molar-refractivity contribution in [3.8, 4) is 0 Å². The Kier molecular flexibility index (Phi) is 4.35. The number of hydrogen-bond donors (Lipinski definition) is 1. The molecule has 5 heteroatoms. The van der Waals surface area contributed by atoms with Crippen molar-refractivity contribution in [2.24, 2.45) is 5.92 Å². The van der Waals surface area contributed by atoms with E-state index in [-0.39, 0.29) is 41.8 Å². The second kappa shape index (κ2) is 5.73. The molecule has 1 heterocycles.